The van der Waals surface area contributed by atoms with Gasteiger partial charge in [0.05, 0.1) is 57.4 Å². The summed E-state index contributed by atoms with van der Waals surface area (Å²) in [5.41, 5.74) is 15.7. The number of halogens is 3. The molecule has 24 N–H and O–H groups in total. The molecule has 0 aliphatic carbocycles. The van der Waals surface area contributed by atoms with Crippen LogP contribution in [-0.2, 0) is 108 Å². The quantitative estimate of drug-likeness (QED) is 0.0133. The maximum absolute atomic E-state index is 14.8. The molecule has 13 atom stereocenters. The van der Waals surface area contributed by atoms with Crippen molar-refractivity contribution in [1.82, 2.24) is 69.1 Å². The highest BCUT2D eigenvalue weighted by Gasteiger charge is 2.41. The van der Waals surface area contributed by atoms with E-state index in [2.05, 4.69) is 42.5 Å². The number of cyclic esters (lactones) is 1. The number of aliphatic hydroxyl groups excluding tert-OH is 1. The standard InChI is InChI=1S/C71H99F3N16O26/c1-5-6-7-8-9-10-11-18-51(94)82-42(25-37-19-21-38(22-20-37)71(72,73)74)64(109)85-43(27-50(77)93)65(110)87-46(30-57(103)104)66(111)90-59-36(4)116-70(115)47(26-49(92)39-15-12-13-16-40(39)76)88-69(114)58(34(2)24-54(97)98)89-67(112)48(33-91)83-53(96)31-78-61(106)44(28-55(99)100)84-60(105)35(3)80-63(108)45(29-56(101)102)86-62(107)41(17-14-23-75)81-52(95)32-79-68(59)113/h12-13,15-16,19-22,34-36,41-48,58-59,91H,5-11,14,17-18,23-33,75-76H2,1-4H3,(H2,77,93)(H,78,106)(H,79,113)(H,80,108)(H,81,95)(H,82,94)(H,83,96)(H,84,105)(H,85,109)(H,86,107)(H,87,110)(H,88,114)(H,89,112)(H,90,111)(H,97,98)(H,99,100)(H,101,102)(H,103,104)/t34-,35+,36+,41-,42-,43-,44-,45-,46-,47-,48+,58-,59-/m0/s1. The minimum atomic E-state index is -4.80. The van der Waals surface area contributed by atoms with E-state index in [9.17, 15) is 135 Å². The maximum Gasteiger partial charge on any atom is 0.416 e. The van der Waals surface area contributed by atoms with Crippen LogP contribution in [0.3, 0.4) is 0 Å². The smallest absolute Gasteiger partial charge is 0.416 e. The van der Waals surface area contributed by atoms with Gasteiger partial charge in [0, 0.05) is 30.5 Å². The Bertz CT molecular complexity index is 3890. The molecule has 42 nitrogen and oxygen atoms in total. The van der Waals surface area contributed by atoms with Crippen LogP contribution in [0.1, 0.15) is 152 Å². The van der Waals surface area contributed by atoms with E-state index in [4.69, 9.17) is 21.9 Å². The molecule has 0 spiro atoms. The summed E-state index contributed by atoms with van der Waals surface area (Å²) in [6.45, 7) is 0.866. The van der Waals surface area contributed by atoms with Crippen molar-refractivity contribution in [1.29, 1.82) is 0 Å². The fourth-order valence-electron chi connectivity index (χ4n) is 11.3. The second-order valence-corrected chi connectivity index (χ2v) is 27.1. The predicted molar refractivity (Wildman–Crippen MR) is 393 cm³/mol. The predicted octanol–water partition coefficient (Wildman–Crippen LogP) is -5.08. The average Bonchev–Trinajstić information content (AvgIpc) is 0.841. The van der Waals surface area contributed by atoms with Crippen LogP contribution in [0.5, 0.6) is 0 Å². The first kappa shape index (κ1) is 97.7. The Hall–Kier alpha value is -12.5. The first-order chi connectivity index (χ1) is 54.5. The minimum Gasteiger partial charge on any atom is -0.481 e. The van der Waals surface area contributed by atoms with E-state index in [0.717, 1.165) is 71.1 Å². The number of ketones is 1. The molecule has 1 fully saturated rings. The number of carbonyl (C=O) groups is 20. The van der Waals surface area contributed by atoms with E-state index in [1.807, 2.05) is 33.5 Å². The van der Waals surface area contributed by atoms with Gasteiger partial charge in [-0.15, -0.1) is 0 Å². The molecule has 640 valence electrons. The molecule has 0 saturated carbocycles. The molecule has 0 bridgehead atoms. The summed E-state index contributed by atoms with van der Waals surface area (Å²) in [7, 11) is 0. The Kier molecular flexibility index (Phi) is 40.9. The number of aliphatic carboxylic acids is 4. The van der Waals surface area contributed by atoms with Gasteiger partial charge in [-0.25, -0.2) is 4.79 Å². The minimum absolute atomic E-state index is 0.0348. The molecule has 3 rings (SSSR count). The number of rotatable bonds is 35. The van der Waals surface area contributed by atoms with Crippen LogP contribution >= 0.6 is 0 Å². The van der Waals surface area contributed by atoms with Gasteiger partial charge in [0.2, 0.25) is 82.7 Å². The monoisotopic (exact) mass is 1650 g/mol. The summed E-state index contributed by atoms with van der Waals surface area (Å²) in [6.07, 6.45) is -10.2. The van der Waals surface area contributed by atoms with E-state index < -0.39 is 280 Å². The fourth-order valence-corrected chi connectivity index (χ4v) is 11.3. The van der Waals surface area contributed by atoms with Gasteiger partial charge >= 0.3 is 36.0 Å². The lowest BCUT2D eigenvalue weighted by atomic mass is 9.96. The molecule has 1 heterocycles. The number of hydrogen-bond donors (Lipinski definition) is 21. The average molecular weight is 1650 g/mol. The van der Waals surface area contributed by atoms with Crippen molar-refractivity contribution in [3.05, 3.63) is 65.2 Å². The van der Waals surface area contributed by atoms with Gasteiger partial charge < -0.3 is 117 Å². The third kappa shape index (κ3) is 34.9. The number of nitrogen functional groups attached to an aromatic ring is 1. The zero-order valence-electron chi connectivity index (χ0n) is 63.6. The Morgan fingerprint density at radius 3 is 1.62 bits per heavy atom. The number of unbranched alkanes of at least 4 members (excludes halogenated alkanes) is 6. The van der Waals surface area contributed by atoms with Gasteiger partial charge in [-0.1, -0.05) is 76.6 Å². The Labute approximate surface area is 660 Å². The Morgan fingerprint density at radius 1 is 0.552 bits per heavy atom. The van der Waals surface area contributed by atoms with E-state index >= 15 is 0 Å². The van der Waals surface area contributed by atoms with Crippen LogP contribution in [0.15, 0.2) is 48.5 Å². The molecule has 14 amide bonds. The topological polar surface area (TPSA) is 686 Å². The summed E-state index contributed by atoms with van der Waals surface area (Å²) < 4.78 is 46.4. The van der Waals surface area contributed by atoms with Crippen LogP contribution in [0.25, 0.3) is 0 Å². The highest BCUT2D eigenvalue weighted by molar-refractivity contribution is 6.05. The Balaban J connectivity index is 2.30. The number of anilines is 1. The number of amides is 14. The number of primary amides is 1. The number of carboxylic acid groups (broad SMARTS) is 4. The fraction of sp³-hybridized carbons (Fsp3) is 0.549. The van der Waals surface area contributed by atoms with Crippen LogP contribution in [0.2, 0.25) is 0 Å². The van der Waals surface area contributed by atoms with Gasteiger partial charge in [-0.3, -0.25) is 91.1 Å². The van der Waals surface area contributed by atoms with Gasteiger partial charge in [0.25, 0.3) is 0 Å². The molecule has 1 aliphatic heterocycles. The largest absolute Gasteiger partial charge is 0.481 e. The number of benzene rings is 2. The number of para-hydroxylation sites is 1. The normalized spacial score (nSPS) is 21.2. The molecule has 1 aliphatic rings. The van der Waals surface area contributed by atoms with E-state index in [0.29, 0.717) is 25.0 Å². The van der Waals surface area contributed by atoms with Gasteiger partial charge in [-0.05, 0) is 75.4 Å². The Morgan fingerprint density at radius 2 is 1.07 bits per heavy atom. The number of nitrogens with two attached hydrogens (primary N) is 3. The maximum atomic E-state index is 14.8. The summed E-state index contributed by atoms with van der Waals surface area (Å²) in [6, 6.07) is -14.9. The van der Waals surface area contributed by atoms with Crippen molar-refractivity contribution >= 4 is 124 Å². The van der Waals surface area contributed by atoms with Crippen molar-refractivity contribution in [3.63, 3.8) is 0 Å². The zero-order valence-corrected chi connectivity index (χ0v) is 63.6. The number of hydrogen-bond acceptors (Lipinski definition) is 24. The molecule has 116 heavy (non-hydrogen) atoms. The van der Waals surface area contributed by atoms with E-state index in [-0.39, 0.29) is 36.2 Å². The lowest BCUT2D eigenvalue weighted by Gasteiger charge is -2.30. The summed E-state index contributed by atoms with van der Waals surface area (Å²) >= 11 is 0. The molecule has 1 saturated heterocycles. The van der Waals surface area contributed by atoms with Crippen LogP contribution in [0, 0.1) is 5.92 Å². The number of alkyl halides is 3. The van der Waals surface area contributed by atoms with E-state index in [1.165, 1.54) is 18.2 Å². The SMILES string of the molecule is CCCCCCCCCC(=O)N[C@@H](Cc1ccc(C(F)(F)F)cc1)C(=O)N[C@@H](CC(N)=O)C(=O)N[C@@H](CC(=O)O)C(=O)N[C@@H]1C(=O)NCC(=O)N[C@@H](CCCN)C(=O)N[C@@H](CC(=O)O)C(=O)N[C@H](C)C(=O)N[C@@H](CC(=O)O)C(=O)NCC(=O)N[C@H](CO)C(=O)N[C@@H]([C@@H](C)CC(=O)O)C(=O)N[C@@H](CC(=O)c2ccccc2N)C(=O)O[C@@H]1C. The lowest BCUT2D eigenvalue weighted by molar-refractivity contribution is -0.156. The van der Waals surface area contributed by atoms with Crippen molar-refractivity contribution in [2.45, 2.75) is 216 Å². The molecular formula is C71H99F3N16O26. The molecule has 0 radical (unpaired) electrons. The van der Waals surface area contributed by atoms with E-state index in [1.54, 1.807) is 0 Å². The first-order valence-electron chi connectivity index (χ1n) is 36.6. The number of carboxylic acids is 4. The third-order valence-corrected chi connectivity index (χ3v) is 17.5. The van der Waals surface area contributed by atoms with Crippen LogP contribution in [-0.4, -0.2) is 243 Å². The summed E-state index contributed by atoms with van der Waals surface area (Å²) in [5, 5.41) is 77.1. The van der Waals surface area contributed by atoms with Crippen LogP contribution in [0.4, 0.5) is 18.9 Å². The van der Waals surface area contributed by atoms with Gasteiger partial charge in [-0.2, -0.15) is 13.2 Å². The van der Waals surface area contributed by atoms with Gasteiger partial charge in [0.15, 0.2) is 5.78 Å². The molecule has 0 aromatic heterocycles. The number of ether oxygens (including phenoxy) is 1. The molecule has 45 heteroatoms. The second-order valence-electron chi connectivity index (χ2n) is 27.1. The number of Topliss-reactive ketones (excluding diaryl/α,β-unsaturated/α-hetero) is 1. The molecule has 0 unspecified atom stereocenters. The first-order valence-corrected chi connectivity index (χ1v) is 36.6. The number of aliphatic hydroxyl groups is 1. The van der Waals surface area contributed by atoms with Gasteiger partial charge in [0.1, 0.15) is 72.6 Å². The molecule has 2 aromatic carbocycles. The number of esters is 1. The third-order valence-electron chi connectivity index (χ3n) is 17.5. The summed E-state index contributed by atoms with van der Waals surface area (Å²) in [4.78, 5) is 272. The molecule has 2 aromatic rings. The van der Waals surface area contributed by atoms with Crippen molar-refractivity contribution in [2.24, 2.45) is 17.4 Å². The number of nitrogens with one attached hydrogen (secondary N) is 13. The van der Waals surface area contributed by atoms with Crippen LogP contribution < -0.4 is 86.3 Å². The summed E-state index contributed by atoms with van der Waals surface area (Å²) in [5.74, 6) is -30.9. The second kappa shape index (κ2) is 48.6. The lowest BCUT2D eigenvalue weighted by Crippen LogP contribution is -2.62. The highest BCUT2D eigenvalue weighted by Crippen LogP contribution is 2.29. The highest BCUT2D eigenvalue weighted by atomic mass is 19.4. The number of carbonyl (C=O) groups excluding carboxylic acids is 16. The van der Waals surface area contributed by atoms with Crippen molar-refractivity contribution in [3.8, 4) is 0 Å². The van der Waals surface area contributed by atoms with Crippen molar-refractivity contribution in [2.75, 3.05) is 32.0 Å². The molecular weight excluding hydrogens is 1550 g/mol. The zero-order chi connectivity index (χ0) is 87.3. The van der Waals surface area contributed by atoms with Crippen molar-refractivity contribution < 1.29 is 139 Å².